The van der Waals surface area contributed by atoms with Crippen molar-refractivity contribution in [2.75, 3.05) is 7.05 Å². The number of hydrogen-bond donors (Lipinski definition) is 1. The zero-order chi connectivity index (χ0) is 15.8. The van der Waals surface area contributed by atoms with E-state index in [-0.39, 0.29) is 0 Å². The Labute approximate surface area is 131 Å². The number of benzene rings is 1. The van der Waals surface area contributed by atoms with Crippen LogP contribution in [0.2, 0.25) is 0 Å². The molecular formula is C20H33N. The second-order valence-electron chi connectivity index (χ2n) is 7.18. The summed E-state index contributed by atoms with van der Waals surface area (Å²) >= 11 is 0. The first kappa shape index (κ1) is 16.5. The van der Waals surface area contributed by atoms with Crippen LogP contribution in [0, 0.1) is 40.0 Å². The Morgan fingerprint density at radius 1 is 0.857 bits per heavy atom. The van der Waals surface area contributed by atoms with Crippen molar-refractivity contribution >= 4 is 0 Å². The molecule has 1 unspecified atom stereocenters. The zero-order valence-electron chi connectivity index (χ0n) is 15.1. The van der Waals surface area contributed by atoms with E-state index in [4.69, 9.17) is 0 Å². The van der Waals surface area contributed by atoms with E-state index in [1.54, 1.807) is 5.56 Å². The lowest BCUT2D eigenvalue weighted by atomic mass is 9.70. The maximum absolute atomic E-state index is 3.71. The van der Waals surface area contributed by atoms with Crippen LogP contribution in [0.1, 0.15) is 78.5 Å². The van der Waals surface area contributed by atoms with Crippen LogP contribution in [-0.2, 0) is 0 Å². The molecule has 0 radical (unpaired) electrons. The summed E-state index contributed by atoms with van der Waals surface area (Å²) in [5, 5.41) is 3.71. The molecule has 0 heterocycles. The average Bonchev–Trinajstić information content (AvgIpc) is 2.97. The van der Waals surface area contributed by atoms with Crippen molar-refractivity contribution in [3.8, 4) is 0 Å². The highest BCUT2D eigenvalue weighted by Gasteiger charge is 2.41. The SMILES string of the molecule is CCC1(C(NC)c2c(C)c(C)c(C)c(C)c2C)CCCC1. The minimum atomic E-state index is 0.457. The summed E-state index contributed by atoms with van der Waals surface area (Å²) in [4.78, 5) is 0. The van der Waals surface area contributed by atoms with Crippen LogP contribution in [0.25, 0.3) is 0 Å². The highest BCUT2D eigenvalue weighted by atomic mass is 14.9. The van der Waals surface area contributed by atoms with E-state index in [0.717, 1.165) is 0 Å². The van der Waals surface area contributed by atoms with Gasteiger partial charge in [0.15, 0.2) is 0 Å². The van der Waals surface area contributed by atoms with Crippen molar-refractivity contribution in [1.29, 1.82) is 0 Å². The van der Waals surface area contributed by atoms with Crippen molar-refractivity contribution in [2.45, 2.75) is 79.7 Å². The van der Waals surface area contributed by atoms with Gasteiger partial charge < -0.3 is 5.32 Å². The van der Waals surface area contributed by atoms with Gasteiger partial charge in [0.2, 0.25) is 0 Å². The summed E-state index contributed by atoms with van der Waals surface area (Å²) in [6.45, 7) is 13.9. The van der Waals surface area contributed by atoms with Crippen molar-refractivity contribution in [2.24, 2.45) is 5.41 Å². The topological polar surface area (TPSA) is 12.0 Å². The summed E-state index contributed by atoms with van der Waals surface area (Å²) in [5.41, 5.74) is 9.50. The lowest BCUT2D eigenvalue weighted by Crippen LogP contribution is -2.35. The van der Waals surface area contributed by atoms with Crippen molar-refractivity contribution in [1.82, 2.24) is 5.32 Å². The zero-order valence-corrected chi connectivity index (χ0v) is 15.1. The van der Waals surface area contributed by atoms with E-state index in [0.29, 0.717) is 11.5 Å². The van der Waals surface area contributed by atoms with E-state index in [9.17, 15) is 0 Å². The van der Waals surface area contributed by atoms with E-state index in [1.165, 1.54) is 59.9 Å². The Balaban J connectivity index is 2.63. The molecule has 0 bridgehead atoms. The van der Waals surface area contributed by atoms with E-state index >= 15 is 0 Å². The molecule has 1 saturated carbocycles. The van der Waals surface area contributed by atoms with Gasteiger partial charge >= 0.3 is 0 Å². The van der Waals surface area contributed by atoms with E-state index in [1.807, 2.05) is 0 Å². The van der Waals surface area contributed by atoms with E-state index in [2.05, 4.69) is 53.9 Å². The molecule has 1 aromatic carbocycles. The first-order valence-electron chi connectivity index (χ1n) is 8.63. The van der Waals surface area contributed by atoms with Gasteiger partial charge in [0.1, 0.15) is 0 Å². The predicted octanol–water partition coefficient (Wildman–Crippen LogP) is 5.46. The summed E-state index contributed by atoms with van der Waals surface area (Å²) in [5.74, 6) is 0. The Morgan fingerprint density at radius 2 is 1.29 bits per heavy atom. The fourth-order valence-corrected chi connectivity index (χ4v) is 4.64. The van der Waals surface area contributed by atoms with Gasteiger partial charge in [-0.25, -0.2) is 0 Å². The van der Waals surface area contributed by atoms with E-state index < -0.39 is 0 Å². The standard InChI is InChI=1S/C20H33N/c1-8-20(11-9-10-12-20)19(21-7)18-16(5)14(3)13(2)15(4)17(18)6/h19,21H,8-12H2,1-7H3. The highest BCUT2D eigenvalue weighted by Crippen LogP contribution is 2.51. The van der Waals surface area contributed by atoms with Crippen LogP contribution in [0.3, 0.4) is 0 Å². The third kappa shape index (κ3) is 2.54. The van der Waals surface area contributed by atoms with Crippen LogP contribution >= 0.6 is 0 Å². The second-order valence-corrected chi connectivity index (χ2v) is 7.18. The molecule has 1 aliphatic carbocycles. The number of rotatable bonds is 4. The quantitative estimate of drug-likeness (QED) is 0.775. The molecule has 1 fully saturated rings. The minimum Gasteiger partial charge on any atom is -0.313 e. The highest BCUT2D eigenvalue weighted by molar-refractivity contribution is 5.51. The Morgan fingerprint density at radius 3 is 1.67 bits per heavy atom. The van der Waals surface area contributed by atoms with Crippen LogP contribution < -0.4 is 5.32 Å². The first-order chi connectivity index (χ1) is 9.89. The molecule has 0 amide bonds. The van der Waals surface area contributed by atoms with Crippen LogP contribution in [0.4, 0.5) is 0 Å². The molecule has 0 aliphatic heterocycles. The Hall–Kier alpha value is -0.820. The molecule has 0 aromatic heterocycles. The fraction of sp³-hybridized carbons (Fsp3) is 0.700. The van der Waals surface area contributed by atoms with Gasteiger partial charge in [-0.3, -0.25) is 0 Å². The van der Waals surface area contributed by atoms with Crippen LogP contribution in [-0.4, -0.2) is 7.05 Å². The molecule has 1 N–H and O–H groups in total. The molecule has 1 aromatic rings. The maximum Gasteiger partial charge on any atom is 0.0380 e. The first-order valence-corrected chi connectivity index (χ1v) is 8.63. The molecule has 0 spiro atoms. The number of hydrogen-bond acceptors (Lipinski definition) is 1. The molecule has 1 nitrogen and oxygen atoms in total. The van der Waals surface area contributed by atoms with Crippen LogP contribution in [0.5, 0.6) is 0 Å². The predicted molar refractivity (Wildman–Crippen MR) is 93.1 cm³/mol. The van der Waals surface area contributed by atoms with Gasteiger partial charge in [-0.2, -0.15) is 0 Å². The number of nitrogens with one attached hydrogen (secondary N) is 1. The monoisotopic (exact) mass is 287 g/mol. The van der Waals surface area contributed by atoms with Gasteiger partial charge in [0.25, 0.3) is 0 Å². The average molecular weight is 287 g/mol. The van der Waals surface area contributed by atoms with Crippen LogP contribution in [0.15, 0.2) is 0 Å². The molecule has 1 atom stereocenters. The normalized spacial score (nSPS) is 19.0. The fourth-order valence-electron chi connectivity index (χ4n) is 4.64. The van der Waals surface area contributed by atoms with Gasteiger partial charge in [-0.15, -0.1) is 0 Å². The smallest absolute Gasteiger partial charge is 0.0380 e. The molecule has 1 heteroatoms. The molecule has 2 rings (SSSR count). The third-order valence-electron chi connectivity index (χ3n) is 6.55. The molecule has 118 valence electrons. The lowest BCUT2D eigenvalue weighted by Gasteiger charge is -2.39. The van der Waals surface area contributed by atoms with Crippen molar-refractivity contribution in [3.05, 3.63) is 33.4 Å². The largest absolute Gasteiger partial charge is 0.313 e. The van der Waals surface area contributed by atoms with Gasteiger partial charge in [0.05, 0.1) is 0 Å². The third-order valence-corrected chi connectivity index (χ3v) is 6.55. The van der Waals surface area contributed by atoms with Gasteiger partial charge in [-0.1, -0.05) is 19.8 Å². The van der Waals surface area contributed by atoms with Gasteiger partial charge in [-0.05, 0) is 99.7 Å². The molecule has 1 aliphatic rings. The summed E-state index contributed by atoms with van der Waals surface area (Å²) in [6, 6.07) is 0.503. The second kappa shape index (κ2) is 6.12. The maximum atomic E-state index is 3.71. The Kier molecular flexibility index (Phi) is 4.82. The van der Waals surface area contributed by atoms with Crippen molar-refractivity contribution < 1.29 is 0 Å². The minimum absolute atomic E-state index is 0.457. The summed E-state index contributed by atoms with van der Waals surface area (Å²) in [7, 11) is 2.16. The summed E-state index contributed by atoms with van der Waals surface area (Å²) < 4.78 is 0. The lowest BCUT2D eigenvalue weighted by molar-refractivity contribution is 0.194. The molecule has 21 heavy (non-hydrogen) atoms. The molecular weight excluding hydrogens is 254 g/mol. The van der Waals surface area contributed by atoms with Crippen molar-refractivity contribution in [3.63, 3.8) is 0 Å². The molecule has 0 saturated heterocycles. The Bertz CT molecular complexity index is 492. The van der Waals surface area contributed by atoms with Gasteiger partial charge in [0, 0.05) is 6.04 Å². The summed E-state index contributed by atoms with van der Waals surface area (Å²) in [6.07, 6.45) is 6.82.